The van der Waals surface area contributed by atoms with Gasteiger partial charge < -0.3 is 14.9 Å². The minimum Gasteiger partial charge on any atom is -0.394 e. The highest BCUT2D eigenvalue weighted by Gasteiger charge is 1.76. The molecule has 3 nitrogen and oxygen atoms in total. The molecular weight excluding hydrogens is 192 g/mol. The SMILES string of the molecule is C/C=C/C(C)C.CCOCC.OCCO. The van der Waals surface area contributed by atoms with Crippen molar-refractivity contribution in [2.24, 2.45) is 5.92 Å². The molecule has 2 N–H and O–H groups in total. The molecule has 0 saturated heterocycles. The molecule has 0 rings (SSSR count). The molecule has 94 valence electrons. The van der Waals surface area contributed by atoms with Gasteiger partial charge >= 0.3 is 0 Å². The molecule has 3 heteroatoms. The van der Waals surface area contributed by atoms with Crippen LogP contribution in [0.15, 0.2) is 12.2 Å². The number of hydrogen-bond donors (Lipinski definition) is 2. The van der Waals surface area contributed by atoms with Crippen LogP contribution in [0.4, 0.5) is 0 Å². The molecular formula is C12H28O3. The number of rotatable bonds is 4. The first kappa shape index (κ1) is 20.1. The fourth-order valence-electron chi connectivity index (χ4n) is 0.589. The van der Waals surface area contributed by atoms with Crippen molar-refractivity contribution in [3.05, 3.63) is 12.2 Å². The van der Waals surface area contributed by atoms with Gasteiger partial charge in [-0.3, -0.25) is 0 Å². The van der Waals surface area contributed by atoms with Crippen LogP contribution in [-0.2, 0) is 4.74 Å². The van der Waals surface area contributed by atoms with Crippen LogP contribution in [0.5, 0.6) is 0 Å². The zero-order valence-corrected chi connectivity index (χ0v) is 10.9. The van der Waals surface area contributed by atoms with Crippen molar-refractivity contribution < 1.29 is 14.9 Å². The molecule has 0 fully saturated rings. The highest BCUT2D eigenvalue weighted by atomic mass is 16.5. The zero-order chi connectivity index (χ0) is 12.5. The molecule has 0 aliphatic carbocycles. The average Bonchev–Trinajstić information content (AvgIpc) is 2.20. The molecule has 0 bridgehead atoms. The van der Waals surface area contributed by atoms with Crippen molar-refractivity contribution in [1.82, 2.24) is 0 Å². The summed E-state index contributed by atoms with van der Waals surface area (Å²) in [6.07, 6.45) is 4.24. The first-order valence-electron chi connectivity index (χ1n) is 5.52. The van der Waals surface area contributed by atoms with Gasteiger partial charge in [0.1, 0.15) is 0 Å². The van der Waals surface area contributed by atoms with Crippen molar-refractivity contribution in [2.45, 2.75) is 34.6 Å². The van der Waals surface area contributed by atoms with Crippen LogP contribution >= 0.6 is 0 Å². The quantitative estimate of drug-likeness (QED) is 0.714. The van der Waals surface area contributed by atoms with E-state index in [9.17, 15) is 0 Å². The predicted molar refractivity (Wildman–Crippen MR) is 66.0 cm³/mol. The Bertz CT molecular complexity index is 97.0. The topological polar surface area (TPSA) is 49.7 Å². The van der Waals surface area contributed by atoms with E-state index in [1.807, 2.05) is 20.8 Å². The van der Waals surface area contributed by atoms with Crippen molar-refractivity contribution >= 4 is 0 Å². The summed E-state index contributed by atoms with van der Waals surface area (Å²) in [5.74, 6) is 0.718. The maximum atomic E-state index is 7.62. The Morgan fingerprint density at radius 1 is 1.07 bits per heavy atom. The van der Waals surface area contributed by atoms with E-state index in [1.165, 1.54) is 0 Å². The third-order valence-corrected chi connectivity index (χ3v) is 1.09. The molecule has 0 radical (unpaired) electrons. The fourth-order valence-corrected chi connectivity index (χ4v) is 0.589. The van der Waals surface area contributed by atoms with Crippen LogP contribution in [0, 0.1) is 5.92 Å². The van der Waals surface area contributed by atoms with E-state index in [4.69, 9.17) is 14.9 Å². The third-order valence-electron chi connectivity index (χ3n) is 1.09. The summed E-state index contributed by atoms with van der Waals surface area (Å²) in [4.78, 5) is 0. The lowest BCUT2D eigenvalue weighted by Gasteiger charge is -1.86. The van der Waals surface area contributed by atoms with Gasteiger partial charge in [-0.15, -0.1) is 0 Å². The Morgan fingerprint density at radius 3 is 1.47 bits per heavy atom. The summed E-state index contributed by atoms with van der Waals surface area (Å²) in [5, 5.41) is 15.2. The number of allylic oxidation sites excluding steroid dienone is 2. The Kier molecular flexibility index (Phi) is 31.4. The Morgan fingerprint density at radius 2 is 1.47 bits per heavy atom. The van der Waals surface area contributed by atoms with Gasteiger partial charge in [-0.05, 0) is 26.7 Å². The van der Waals surface area contributed by atoms with E-state index >= 15 is 0 Å². The van der Waals surface area contributed by atoms with Crippen molar-refractivity contribution in [3.63, 3.8) is 0 Å². The lowest BCUT2D eigenvalue weighted by molar-refractivity contribution is 0.162. The van der Waals surface area contributed by atoms with Gasteiger partial charge in [0.15, 0.2) is 0 Å². The highest BCUT2D eigenvalue weighted by molar-refractivity contribution is 4.79. The summed E-state index contributed by atoms with van der Waals surface area (Å²) in [7, 11) is 0. The predicted octanol–water partition coefficient (Wildman–Crippen LogP) is 2.23. The lowest BCUT2D eigenvalue weighted by Crippen LogP contribution is -1.85. The largest absolute Gasteiger partial charge is 0.394 e. The molecule has 0 unspecified atom stereocenters. The number of ether oxygens (including phenoxy) is 1. The molecule has 0 atom stereocenters. The van der Waals surface area contributed by atoms with Crippen LogP contribution < -0.4 is 0 Å². The second-order valence-electron chi connectivity index (χ2n) is 3.00. The molecule has 0 aromatic rings. The van der Waals surface area contributed by atoms with E-state index < -0.39 is 0 Å². The second-order valence-corrected chi connectivity index (χ2v) is 3.00. The van der Waals surface area contributed by atoms with Gasteiger partial charge in [0.25, 0.3) is 0 Å². The van der Waals surface area contributed by atoms with Crippen LogP contribution in [0.1, 0.15) is 34.6 Å². The fraction of sp³-hybridized carbons (Fsp3) is 0.833. The maximum Gasteiger partial charge on any atom is 0.0662 e. The van der Waals surface area contributed by atoms with Gasteiger partial charge in [0, 0.05) is 13.2 Å². The van der Waals surface area contributed by atoms with Crippen molar-refractivity contribution in [1.29, 1.82) is 0 Å². The van der Waals surface area contributed by atoms with Gasteiger partial charge in [0.05, 0.1) is 13.2 Å². The van der Waals surface area contributed by atoms with Crippen LogP contribution in [0.25, 0.3) is 0 Å². The molecule has 0 aromatic heterocycles. The molecule has 15 heavy (non-hydrogen) atoms. The Hall–Kier alpha value is -0.380. The Balaban J connectivity index is -0.000000147. The first-order valence-corrected chi connectivity index (χ1v) is 5.52. The first-order chi connectivity index (χ1) is 7.10. The van der Waals surface area contributed by atoms with Gasteiger partial charge in [0.2, 0.25) is 0 Å². The normalized spacial score (nSPS) is 9.33. The van der Waals surface area contributed by atoms with E-state index in [0.717, 1.165) is 19.1 Å². The van der Waals surface area contributed by atoms with E-state index in [1.54, 1.807) is 0 Å². The molecule has 0 aliphatic heterocycles. The van der Waals surface area contributed by atoms with Crippen LogP contribution in [-0.4, -0.2) is 36.6 Å². The van der Waals surface area contributed by atoms with Gasteiger partial charge in [-0.2, -0.15) is 0 Å². The van der Waals surface area contributed by atoms with Crippen molar-refractivity contribution in [3.8, 4) is 0 Å². The van der Waals surface area contributed by atoms with E-state index in [0.29, 0.717) is 0 Å². The second kappa shape index (κ2) is 23.4. The summed E-state index contributed by atoms with van der Waals surface area (Å²) >= 11 is 0. The zero-order valence-electron chi connectivity index (χ0n) is 10.9. The molecule has 0 heterocycles. The molecule has 0 spiro atoms. The van der Waals surface area contributed by atoms with Crippen molar-refractivity contribution in [2.75, 3.05) is 26.4 Å². The highest BCUT2D eigenvalue weighted by Crippen LogP contribution is 1.90. The van der Waals surface area contributed by atoms with Crippen LogP contribution in [0.2, 0.25) is 0 Å². The molecule has 0 aromatic carbocycles. The number of aliphatic hydroxyl groups excluding tert-OH is 2. The smallest absolute Gasteiger partial charge is 0.0662 e. The molecule has 0 aliphatic rings. The third kappa shape index (κ3) is 58.2. The van der Waals surface area contributed by atoms with E-state index in [2.05, 4.69) is 26.0 Å². The molecule has 0 saturated carbocycles. The summed E-state index contributed by atoms with van der Waals surface area (Å²) in [6, 6.07) is 0. The monoisotopic (exact) mass is 220 g/mol. The van der Waals surface area contributed by atoms with Gasteiger partial charge in [-0.1, -0.05) is 26.0 Å². The number of aliphatic hydroxyl groups is 2. The summed E-state index contributed by atoms with van der Waals surface area (Å²) in [5.41, 5.74) is 0. The van der Waals surface area contributed by atoms with E-state index in [-0.39, 0.29) is 13.2 Å². The Labute approximate surface area is 94.8 Å². The minimum absolute atomic E-state index is 0.125. The standard InChI is InChI=1S/C6H12.C4H10O.C2H6O2/c1-4-5-6(2)3;1-3-5-4-2;3-1-2-4/h4-6H,1-3H3;3-4H2,1-2H3;3-4H,1-2H2/b5-4+;;. The summed E-state index contributed by atoms with van der Waals surface area (Å²) in [6.45, 7) is 11.8. The maximum absolute atomic E-state index is 7.62. The summed E-state index contributed by atoms with van der Waals surface area (Å²) < 4.78 is 4.83. The number of hydrogen-bond acceptors (Lipinski definition) is 3. The van der Waals surface area contributed by atoms with Gasteiger partial charge in [-0.25, -0.2) is 0 Å². The lowest BCUT2D eigenvalue weighted by atomic mass is 10.2. The molecule has 0 amide bonds. The van der Waals surface area contributed by atoms with Crippen LogP contribution in [0.3, 0.4) is 0 Å². The minimum atomic E-state index is -0.125. The average molecular weight is 220 g/mol.